The normalized spacial score (nSPS) is 10.3. The van der Waals surface area contributed by atoms with Gasteiger partial charge in [0.25, 0.3) is 5.56 Å². The van der Waals surface area contributed by atoms with Crippen molar-refractivity contribution in [2.24, 2.45) is 0 Å². The first kappa shape index (κ1) is 12.5. The maximum Gasteiger partial charge on any atom is 0.279 e. The fourth-order valence-electron chi connectivity index (χ4n) is 1.52. The van der Waals surface area contributed by atoms with Crippen LogP contribution in [0.25, 0.3) is 0 Å². The molecule has 0 radical (unpaired) electrons. The van der Waals surface area contributed by atoms with Crippen LogP contribution in [0.3, 0.4) is 0 Å². The van der Waals surface area contributed by atoms with Gasteiger partial charge in [-0.05, 0) is 30.9 Å². The fourth-order valence-corrected chi connectivity index (χ4v) is 1.89. The zero-order chi connectivity index (χ0) is 13.1. The summed E-state index contributed by atoms with van der Waals surface area (Å²) < 4.78 is 0. The molecule has 0 aliphatic rings. The molecular weight excluding hydrogens is 250 g/mol. The predicted molar refractivity (Wildman–Crippen MR) is 72.8 cm³/mol. The number of rotatable bonds is 3. The first-order valence-corrected chi connectivity index (χ1v) is 6.53. The number of anilines is 2. The number of aromatic nitrogens is 2. The molecule has 0 saturated heterocycles. The average Bonchev–Trinajstić information content (AvgIpc) is 2.33. The number of hydrogen-bond donors (Lipinski definition) is 3. The number of nitrogens with zero attached hydrogens (tertiary/aromatic N) is 1. The summed E-state index contributed by atoms with van der Waals surface area (Å²) in [4.78, 5) is 18.2. The Morgan fingerprint density at radius 3 is 2.83 bits per heavy atom. The summed E-state index contributed by atoms with van der Waals surface area (Å²) in [5, 5.41) is 13.0. The quantitative estimate of drug-likeness (QED) is 0.585. The summed E-state index contributed by atoms with van der Waals surface area (Å²) in [7, 11) is 0. The average molecular weight is 263 g/mol. The summed E-state index contributed by atoms with van der Waals surface area (Å²) in [6.07, 6.45) is 1.77. The molecule has 3 N–H and O–H groups in total. The second kappa shape index (κ2) is 5.14. The first-order chi connectivity index (χ1) is 8.60. The van der Waals surface area contributed by atoms with Gasteiger partial charge in [-0.25, -0.2) is 0 Å². The van der Waals surface area contributed by atoms with E-state index in [-0.39, 0.29) is 11.6 Å². The molecule has 5 nitrogen and oxygen atoms in total. The van der Waals surface area contributed by atoms with E-state index in [9.17, 15) is 9.90 Å². The Bertz CT molecular complexity index is 625. The summed E-state index contributed by atoms with van der Waals surface area (Å²) in [5.41, 5.74) is 1.45. The molecule has 1 aromatic carbocycles. The Hall–Kier alpha value is -1.95. The monoisotopic (exact) mass is 263 g/mol. The van der Waals surface area contributed by atoms with E-state index in [2.05, 4.69) is 15.3 Å². The molecule has 94 valence electrons. The molecule has 6 heteroatoms. The number of aryl methyl sites for hydroxylation is 1. The molecule has 0 aliphatic carbocycles. The lowest BCUT2D eigenvalue weighted by Gasteiger charge is -2.08. The van der Waals surface area contributed by atoms with Gasteiger partial charge >= 0.3 is 0 Å². The molecule has 2 aromatic rings. The van der Waals surface area contributed by atoms with Gasteiger partial charge in [-0.15, -0.1) is 0 Å². The number of hydrogen-bond acceptors (Lipinski definition) is 5. The zero-order valence-electron chi connectivity index (χ0n) is 10.0. The highest BCUT2D eigenvalue weighted by Crippen LogP contribution is 2.22. The molecule has 18 heavy (non-hydrogen) atoms. The first-order valence-electron chi connectivity index (χ1n) is 5.31. The minimum atomic E-state index is -0.395. The highest BCUT2D eigenvalue weighted by molar-refractivity contribution is 7.98. The number of nitrogens with one attached hydrogen (secondary N) is 2. The highest BCUT2D eigenvalue weighted by Gasteiger charge is 2.10. The Kier molecular flexibility index (Phi) is 3.57. The van der Waals surface area contributed by atoms with E-state index in [0.29, 0.717) is 5.16 Å². The molecule has 1 heterocycles. The van der Waals surface area contributed by atoms with Crippen molar-refractivity contribution in [3.05, 3.63) is 40.2 Å². The summed E-state index contributed by atoms with van der Waals surface area (Å²) >= 11 is 1.26. The number of thioether (sulfide) groups is 1. The van der Waals surface area contributed by atoms with Gasteiger partial charge < -0.3 is 10.4 Å². The fraction of sp³-hybridized carbons (Fsp3) is 0.167. The predicted octanol–water partition coefficient (Wildman–Crippen LogP) is 2.25. The second-order valence-corrected chi connectivity index (χ2v) is 4.56. The van der Waals surface area contributed by atoms with E-state index in [1.807, 2.05) is 31.2 Å². The molecule has 0 unspecified atom stereocenters. The lowest BCUT2D eigenvalue weighted by molar-refractivity contribution is 0.447. The maximum atomic E-state index is 11.8. The van der Waals surface area contributed by atoms with E-state index in [1.54, 1.807) is 6.26 Å². The minimum Gasteiger partial charge on any atom is -0.492 e. The van der Waals surface area contributed by atoms with Gasteiger partial charge in [0.15, 0.2) is 10.8 Å². The Morgan fingerprint density at radius 2 is 2.22 bits per heavy atom. The van der Waals surface area contributed by atoms with Crippen molar-refractivity contribution in [3.63, 3.8) is 0 Å². The largest absolute Gasteiger partial charge is 0.492 e. The van der Waals surface area contributed by atoms with E-state index in [1.165, 1.54) is 11.8 Å². The smallest absolute Gasteiger partial charge is 0.279 e. The molecule has 0 fully saturated rings. The molecule has 0 aliphatic heterocycles. The topological polar surface area (TPSA) is 78.0 Å². The Labute approximate surface area is 108 Å². The van der Waals surface area contributed by atoms with Gasteiger partial charge in [0, 0.05) is 5.69 Å². The molecular formula is C12H13N3O2S. The third-order valence-corrected chi connectivity index (χ3v) is 2.94. The van der Waals surface area contributed by atoms with Crippen LogP contribution in [0.4, 0.5) is 11.4 Å². The van der Waals surface area contributed by atoms with Crippen LogP contribution in [0.5, 0.6) is 5.88 Å². The third kappa shape index (κ3) is 2.65. The molecule has 0 amide bonds. The van der Waals surface area contributed by atoms with Crippen LogP contribution in [0.2, 0.25) is 0 Å². The van der Waals surface area contributed by atoms with Crippen LogP contribution in [-0.2, 0) is 0 Å². The van der Waals surface area contributed by atoms with Gasteiger partial charge in [-0.1, -0.05) is 23.9 Å². The number of benzene rings is 1. The molecule has 0 atom stereocenters. The Balaban J connectivity index is 2.38. The zero-order valence-corrected chi connectivity index (χ0v) is 10.8. The van der Waals surface area contributed by atoms with Crippen molar-refractivity contribution >= 4 is 23.1 Å². The summed E-state index contributed by atoms with van der Waals surface area (Å²) in [5.74, 6) is -0.301. The number of aromatic amines is 1. The van der Waals surface area contributed by atoms with Gasteiger partial charge in [0.05, 0.1) is 0 Å². The highest BCUT2D eigenvalue weighted by atomic mass is 32.2. The van der Waals surface area contributed by atoms with Crippen molar-refractivity contribution in [1.29, 1.82) is 0 Å². The van der Waals surface area contributed by atoms with E-state index in [0.717, 1.165) is 11.3 Å². The van der Waals surface area contributed by atoms with Gasteiger partial charge in [0.2, 0.25) is 5.88 Å². The third-order valence-electron chi connectivity index (χ3n) is 2.36. The number of aromatic hydroxyl groups is 1. The molecule has 2 rings (SSSR count). The van der Waals surface area contributed by atoms with Gasteiger partial charge in [-0.3, -0.25) is 9.78 Å². The standard InChI is InChI=1S/C12H13N3O2S/c1-7-4-3-5-8(6-7)13-9-10(16)14-12(18-2)15-11(9)17/h3-6,13H,1-2H3,(H2,14,15,16,17). The lowest BCUT2D eigenvalue weighted by Crippen LogP contribution is -2.13. The second-order valence-electron chi connectivity index (χ2n) is 3.77. The molecule has 0 spiro atoms. The van der Waals surface area contributed by atoms with Crippen LogP contribution in [0.1, 0.15) is 5.56 Å². The minimum absolute atomic E-state index is 0.0541. The SMILES string of the molecule is CSc1nc(O)c(Nc2cccc(C)c2)c(=O)[nH]1. The van der Waals surface area contributed by atoms with Gasteiger partial charge in [0.1, 0.15) is 0 Å². The van der Waals surface area contributed by atoms with Crippen molar-refractivity contribution in [1.82, 2.24) is 9.97 Å². The summed E-state index contributed by atoms with van der Waals surface area (Å²) in [6.45, 7) is 1.95. The van der Waals surface area contributed by atoms with Crippen LogP contribution in [0.15, 0.2) is 34.2 Å². The van der Waals surface area contributed by atoms with E-state index >= 15 is 0 Å². The maximum absolute atomic E-state index is 11.8. The number of H-pyrrole nitrogens is 1. The van der Waals surface area contributed by atoms with Crippen molar-refractivity contribution in [2.75, 3.05) is 11.6 Å². The molecule has 0 saturated carbocycles. The molecule has 1 aromatic heterocycles. The van der Waals surface area contributed by atoms with Crippen LogP contribution in [0, 0.1) is 6.92 Å². The van der Waals surface area contributed by atoms with Gasteiger partial charge in [-0.2, -0.15) is 4.98 Å². The lowest BCUT2D eigenvalue weighted by atomic mass is 10.2. The van der Waals surface area contributed by atoms with E-state index in [4.69, 9.17) is 0 Å². The van der Waals surface area contributed by atoms with Crippen molar-refractivity contribution < 1.29 is 5.11 Å². The summed E-state index contributed by atoms with van der Waals surface area (Å²) in [6, 6.07) is 7.51. The van der Waals surface area contributed by atoms with E-state index < -0.39 is 5.56 Å². The van der Waals surface area contributed by atoms with Crippen molar-refractivity contribution in [2.45, 2.75) is 12.1 Å². The van der Waals surface area contributed by atoms with Crippen LogP contribution < -0.4 is 10.9 Å². The van der Waals surface area contributed by atoms with Crippen LogP contribution >= 0.6 is 11.8 Å². The molecule has 0 bridgehead atoms. The van der Waals surface area contributed by atoms with Crippen LogP contribution in [-0.4, -0.2) is 21.3 Å². The Morgan fingerprint density at radius 1 is 1.44 bits per heavy atom. The van der Waals surface area contributed by atoms with Crippen molar-refractivity contribution in [3.8, 4) is 5.88 Å².